The second-order valence-corrected chi connectivity index (χ2v) is 23.9. The van der Waals surface area contributed by atoms with E-state index in [4.69, 9.17) is 29.0 Å². The maximum absolute atomic E-state index is 13.8. The van der Waals surface area contributed by atoms with Crippen molar-refractivity contribution in [3.63, 3.8) is 0 Å². The molecule has 0 saturated carbocycles. The van der Waals surface area contributed by atoms with Crippen molar-refractivity contribution in [1.29, 1.82) is 0 Å². The molecule has 11 nitrogen and oxygen atoms in total. The van der Waals surface area contributed by atoms with Gasteiger partial charge in [0.2, 0.25) is 0 Å². The molecule has 6 rings (SSSR count). The molecule has 310 valence electrons. The quantitative estimate of drug-likeness (QED) is 0.0856. The third kappa shape index (κ3) is 9.05. The minimum atomic E-state index is -5.84. The molecule has 0 amide bonds. The molecule has 0 unspecified atom stereocenters. The SMILES string of the molecule is CC(C)(C)[P@@]1(=O)COc2cccc(OS(=O)(=O)C(F)(F)F)c21.COc1cccc(C)c1-c1cccc2c1[P@@](=O)(C(C)(C)C)CO2.COc1cccc(C)c1B(O)O. The predicted molar refractivity (Wildman–Crippen MR) is 218 cm³/mol. The number of hydrogen-bond donors (Lipinski definition) is 2. The highest BCUT2D eigenvalue weighted by Gasteiger charge is 2.52. The van der Waals surface area contributed by atoms with Gasteiger partial charge in [0.1, 0.15) is 41.0 Å². The van der Waals surface area contributed by atoms with E-state index in [0.29, 0.717) is 11.2 Å². The van der Waals surface area contributed by atoms with Crippen LogP contribution >= 0.6 is 14.3 Å². The topological polar surface area (TPSA) is 155 Å². The first-order chi connectivity index (χ1) is 26.3. The number of fused-ring (bicyclic) bond motifs is 2. The summed E-state index contributed by atoms with van der Waals surface area (Å²) in [6, 6.07) is 20.9. The van der Waals surface area contributed by atoms with E-state index in [1.165, 1.54) is 19.2 Å². The number of alkyl halides is 3. The fourth-order valence-corrected chi connectivity index (χ4v) is 11.8. The monoisotopic (exact) mass is 854 g/mol. The zero-order chi connectivity index (χ0) is 42.9. The van der Waals surface area contributed by atoms with Crippen LogP contribution in [0.1, 0.15) is 52.7 Å². The number of halogens is 3. The van der Waals surface area contributed by atoms with Crippen molar-refractivity contribution in [2.24, 2.45) is 0 Å². The lowest BCUT2D eigenvalue weighted by Crippen LogP contribution is -2.33. The second-order valence-electron chi connectivity index (χ2n) is 15.3. The number of hydrogen-bond acceptors (Lipinski definition) is 11. The molecule has 2 aliphatic rings. The van der Waals surface area contributed by atoms with Crippen molar-refractivity contribution in [3.05, 3.63) is 83.9 Å². The molecular formula is C39H48BF3O11P2S. The molecule has 0 radical (unpaired) electrons. The standard InChI is InChI=1S/C19H23O3P.C12H14F3O5PS.C8H11BO3/c1-13-8-6-10-15(21-5)17(13)14-9-7-11-16-18(14)23(20,12-22-16)19(2,3)4;1-11(2,3)21(16)7-19-8-5-4-6-9(10(8)21)20-22(17,18)12(13,14)15;1-6-4-3-5-7(12-2)8(6)9(10)11/h6-11H,12H2,1-5H3;4-6H,7H2,1-3H3;3-5,10-11H,1-2H3/t23-;21-;/m11./s1. The number of aryl methyl sites for hydroxylation is 2. The van der Waals surface area contributed by atoms with Crippen molar-refractivity contribution >= 4 is 47.6 Å². The van der Waals surface area contributed by atoms with Crippen LogP contribution in [-0.4, -0.2) is 68.3 Å². The van der Waals surface area contributed by atoms with Crippen molar-refractivity contribution in [2.45, 2.75) is 71.2 Å². The molecule has 0 bridgehead atoms. The van der Waals surface area contributed by atoms with Gasteiger partial charge in [-0.05, 0) is 55.3 Å². The molecule has 4 aromatic rings. The van der Waals surface area contributed by atoms with Crippen LogP contribution in [-0.2, 0) is 19.2 Å². The summed E-state index contributed by atoms with van der Waals surface area (Å²) < 4.78 is 113. The Morgan fingerprint density at radius 2 is 1.11 bits per heavy atom. The summed E-state index contributed by atoms with van der Waals surface area (Å²) in [5.74, 6) is 1.51. The number of benzene rings is 4. The molecule has 0 aromatic heterocycles. The van der Waals surface area contributed by atoms with Crippen LogP contribution in [0.15, 0.2) is 72.8 Å². The fraction of sp³-hybridized carbons (Fsp3) is 0.385. The summed E-state index contributed by atoms with van der Waals surface area (Å²) in [4.78, 5) is 0. The van der Waals surface area contributed by atoms with Crippen LogP contribution in [0.3, 0.4) is 0 Å². The first-order valence-electron chi connectivity index (χ1n) is 17.6. The van der Waals surface area contributed by atoms with Gasteiger partial charge in [0.15, 0.2) is 20.0 Å². The Kier molecular flexibility index (Phi) is 13.4. The Bertz CT molecular complexity index is 2320. The van der Waals surface area contributed by atoms with Crippen LogP contribution in [0, 0.1) is 13.8 Å². The Labute approximate surface area is 332 Å². The van der Waals surface area contributed by atoms with E-state index in [2.05, 4.69) is 17.2 Å². The Morgan fingerprint density at radius 3 is 1.58 bits per heavy atom. The highest BCUT2D eigenvalue weighted by atomic mass is 32.2. The van der Waals surface area contributed by atoms with Crippen LogP contribution in [0.4, 0.5) is 13.2 Å². The highest BCUT2D eigenvalue weighted by molar-refractivity contribution is 7.88. The summed E-state index contributed by atoms with van der Waals surface area (Å²) in [5.41, 5.74) is -1.26. The Morgan fingerprint density at radius 1 is 0.667 bits per heavy atom. The molecule has 0 aliphatic carbocycles. The van der Waals surface area contributed by atoms with Crippen LogP contribution in [0.2, 0.25) is 0 Å². The summed E-state index contributed by atoms with van der Waals surface area (Å²) in [5, 5.41) is 17.6. The largest absolute Gasteiger partial charge is 0.534 e. The lowest BCUT2D eigenvalue weighted by Gasteiger charge is -2.28. The molecule has 0 fully saturated rings. The van der Waals surface area contributed by atoms with E-state index in [-0.39, 0.29) is 28.9 Å². The number of ether oxygens (including phenoxy) is 4. The van der Waals surface area contributed by atoms with Gasteiger partial charge >= 0.3 is 22.7 Å². The molecular weight excluding hydrogens is 806 g/mol. The van der Waals surface area contributed by atoms with Crippen molar-refractivity contribution in [3.8, 4) is 39.9 Å². The molecule has 2 aliphatic heterocycles. The lowest BCUT2D eigenvalue weighted by atomic mass is 9.76. The smallest absolute Gasteiger partial charge is 0.497 e. The van der Waals surface area contributed by atoms with Crippen LogP contribution < -0.4 is 39.2 Å². The average molecular weight is 855 g/mol. The first kappa shape index (κ1) is 45.8. The van der Waals surface area contributed by atoms with E-state index in [0.717, 1.165) is 45.1 Å². The van der Waals surface area contributed by atoms with Crippen LogP contribution in [0.5, 0.6) is 28.7 Å². The zero-order valence-corrected chi connectivity index (χ0v) is 36.0. The predicted octanol–water partition coefficient (Wildman–Crippen LogP) is 7.54. The molecule has 2 atom stereocenters. The molecule has 2 N–H and O–H groups in total. The normalized spacial score (nSPS) is 18.6. The van der Waals surface area contributed by atoms with E-state index >= 15 is 0 Å². The van der Waals surface area contributed by atoms with E-state index < -0.39 is 47.9 Å². The summed E-state index contributed by atoms with van der Waals surface area (Å²) in [6.07, 6.45) is 0.0648. The molecule has 0 saturated heterocycles. The molecule has 0 spiro atoms. The van der Waals surface area contributed by atoms with Gasteiger partial charge in [-0.3, -0.25) is 0 Å². The molecule has 18 heteroatoms. The lowest BCUT2D eigenvalue weighted by molar-refractivity contribution is -0.0499. The van der Waals surface area contributed by atoms with Gasteiger partial charge in [-0.2, -0.15) is 21.6 Å². The van der Waals surface area contributed by atoms with E-state index in [9.17, 15) is 30.7 Å². The minimum Gasteiger partial charge on any atom is -0.497 e. The summed E-state index contributed by atoms with van der Waals surface area (Å²) in [6.45, 7) is 14.9. The van der Waals surface area contributed by atoms with Gasteiger partial charge in [-0.1, -0.05) is 84.0 Å². The maximum atomic E-state index is 13.8. The average Bonchev–Trinajstić information content (AvgIpc) is 3.67. The zero-order valence-electron chi connectivity index (χ0n) is 33.4. The van der Waals surface area contributed by atoms with Gasteiger partial charge in [0.25, 0.3) is 0 Å². The van der Waals surface area contributed by atoms with Gasteiger partial charge in [-0.15, -0.1) is 0 Å². The minimum absolute atomic E-state index is 0.0770. The van der Waals surface area contributed by atoms with Gasteiger partial charge in [-0.25, -0.2) is 0 Å². The highest BCUT2D eigenvalue weighted by Crippen LogP contribution is 2.64. The van der Waals surface area contributed by atoms with Gasteiger partial charge in [0, 0.05) is 26.9 Å². The maximum Gasteiger partial charge on any atom is 0.534 e. The van der Waals surface area contributed by atoms with Gasteiger partial charge < -0.3 is 42.3 Å². The van der Waals surface area contributed by atoms with Crippen LogP contribution in [0.25, 0.3) is 11.1 Å². The summed E-state index contributed by atoms with van der Waals surface area (Å²) in [7, 11) is -10.1. The van der Waals surface area contributed by atoms with Crippen molar-refractivity contribution < 1.29 is 63.9 Å². The molecule has 2 heterocycles. The van der Waals surface area contributed by atoms with Crippen molar-refractivity contribution in [2.75, 3.05) is 26.9 Å². The number of rotatable bonds is 6. The van der Waals surface area contributed by atoms with E-state index in [1.54, 1.807) is 53.0 Å². The fourth-order valence-electron chi connectivity index (χ4n) is 6.25. The molecule has 4 aromatic carbocycles. The Hall–Kier alpha value is -3.94. The van der Waals surface area contributed by atoms with E-state index in [1.807, 2.05) is 51.1 Å². The van der Waals surface area contributed by atoms with Gasteiger partial charge in [0.05, 0.1) is 19.5 Å². The second kappa shape index (κ2) is 16.7. The summed E-state index contributed by atoms with van der Waals surface area (Å²) >= 11 is 0. The van der Waals surface area contributed by atoms with Crippen molar-refractivity contribution in [1.82, 2.24) is 0 Å². The number of methoxy groups -OCH3 is 2. The molecule has 57 heavy (non-hydrogen) atoms. The third-order valence-electron chi connectivity index (χ3n) is 9.62. The Balaban J connectivity index is 0.000000199. The third-order valence-corrected chi connectivity index (χ3v) is 18.3. The first-order valence-corrected chi connectivity index (χ1v) is 22.8.